The molecule has 0 aliphatic carbocycles. The van der Waals surface area contributed by atoms with Crippen molar-refractivity contribution in [3.8, 4) is 5.75 Å². The summed E-state index contributed by atoms with van der Waals surface area (Å²) >= 11 is 0. The smallest absolute Gasteiger partial charge is 0.275 e. The van der Waals surface area contributed by atoms with Gasteiger partial charge in [0.15, 0.2) is 12.3 Å². The van der Waals surface area contributed by atoms with E-state index in [4.69, 9.17) is 9.15 Å². The van der Waals surface area contributed by atoms with Crippen LogP contribution < -0.4 is 4.74 Å². The number of aromatic nitrogens is 2. The molecule has 3 aromatic rings. The Morgan fingerprint density at radius 1 is 1.37 bits per heavy atom. The van der Waals surface area contributed by atoms with E-state index in [2.05, 4.69) is 16.9 Å². The summed E-state index contributed by atoms with van der Waals surface area (Å²) in [5.41, 5.74) is 1.27. The van der Waals surface area contributed by atoms with E-state index in [1.165, 1.54) is 12.7 Å². The number of fused-ring (bicyclic) bond motifs is 1. The number of pyridine rings is 1. The van der Waals surface area contributed by atoms with Gasteiger partial charge in [0.05, 0.1) is 5.52 Å². The normalized spacial score (nSPS) is 16.8. The van der Waals surface area contributed by atoms with Crippen LogP contribution in [0.25, 0.3) is 10.9 Å². The zero-order valence-electron chi connectivity index (χ0n) is 15.4. The Morgan fingerprint density at radius 3 is 3.19 bits per heavy atom. The molecule has 2 aromatic heterocycles. The monoisotopic (exact) mass is 365 g/mol. The highest BCUT2D eigenvalue weighted by molar-refractivity contribution is 5.92. The molecule has 1 atom stereocenters. The summed E-state index contributed by atoms with van der Waals surface area (Å²) in [7, 11) is 0. The molecule has 1 aliphatic heterocycles. The van der Waals surface area contributed by atoms with Gasteiger partial charge in [-0.3, -0.25) is 9.78 Å². The zero-order chi connectivity index (χ0) is 18.6. The van der Waals surface area contributed by atoms with Crippen LogP contribution in [0.1, 0.15) is 42.6 Å². The van der Waals surface area contributed by atoms with E-state index in [9.17, 15) is 4.79 Å². The lowest BCUT2D eigenvalue weighted by atomic mass is 10.0. The summed E-state index contributed by atoms with van der Waals surface area (Å²) < 4.78 is 11.2. The number of hydrogen-bond acceptors (Lipinski definition) is 5. The molecule has 6 heteroatoms. The van der Waals surface area contributed by atoms with Crippen molar-refractivity contribution < 1.29 is 13.9 Å². The molecule has 1 aromatic carbocycles. The number of rotatable bonds is 6. The predicted molar refractivity (Wildman–Crippen MR) is 101 cm³/mol. The summed E-state index contributed by atoms with van der Waals surface area (Å²) in [6.45, 7) is 3.97. The van der Waals surface area contributed by atoms with Gasteiger partial charge in [-0.25, -0.2) is 4.98 Å². The second-order valence-corrected chi connectivity index (χ2v) is 6.97. The van der Waals surface area contributed by atoms with E-state index < -0.39 is 0 Å². The zero-order valence-corrected chi connectivity index (χ0v) is 15.4. The Labute approximate surface area is 158 Å². The Hall–Kier alpha value is -2.89. The van der Waals surface area contributed by atoms with Gasteiger partial charge in [-0.2, -0.15) is 0 Å². The highest BCUT2D eigenvalue weighted by atomic mass is 16.5. The lowest BCUT2D eigenvalue weighted by Crippen LogP contribution is -2.29. The molecule has 3 heterocycles. The largest absolute Gasteiger partial charge is 0.484 e. The summed E-state index contributed by atoms with van der Waals surface area (Å²) in [4.78, 5) is 23.1. The lowest BCUT2D eigenvalue weighted by molar-refractivity contribution is 0.0780. The third-order valence-electron chi connectivity index (χ3n) is 4.98. The number of hydrogen-bond donors (Lipinski definition) is 0. The summed E-state index contributed by atoms with van der Waals surface area (Å²) in [5, 5.41) is 1.01. The number of amides is 1. The number of benzene rings is 1. The van der Waals surface area contributed by atoms with Crippen molar-refractivity contribution in [3.05, 3.63) is 54.4 Å². The molecule has 1 unspecified atom stereocenters. The molecule has 0 bridgehead atoms. The van der Waals surface area contributed by atoms with Gasteiger partial charge in [0.25, 0.3) is 5.91 Å². The first-order valence-corrected chi connectivity index (χ1v) is 9.44. The van der Waals surface area contributed by atoms with E-state index >= 15 is 0 Å². The summed E-state index contributed by atoms with van der Waals surface area (Å²) in [6.07, 6.45) is 6.59. The highest BCUT2D eigenvalue weighted by Gasteiger charge is 2.28. The first kappa shape index (κ1) is 17.5. The van der Waals surface area contributed by atoms with E-state index in [1.807, 2.05) is 35.2 Å². The van der Waals surface area contributed by atoms with E-state index in [0.717, 1.165) is 36.8 Å². The molecule has 0 N–H and O–H groups in total. The minimum absolute atomic E-state index is 0.0552. The van der Waals surface area contributed by atoms with Crippen LogP contribution >= 0.6 is 0 Å². The third kappa shape index (κ3) is 3.94. The maximum Gasteiger partial charge on any atom is 0.275 e. The van der Waals surface area contributed by atoms with Gasteiger partial charge in [0.2, 0.25) is 5.89 Å². The molecule has 140 valence electrons. The molecule has 0 saturated carbocycles. The van der Waals surface area contributed by atoms with E-state index in [-0.39, 0.29) is 12.5 Å². The number of nitrogens with zero attached hydrogens (tertiary/aromatic N) is 3. The molecular weight excluding hydrogens is 342 g/mol. The van der Waals surface area contributed by atoms with Crippen LogP contribution in [0.2, 0.25) is 0 Å². The number of carbonyl (C=O) groups is 1. The predicted octanol–water partition coefficient (Wildman–Crippen LogP) is 4.06. The van der Waals surface area contributed by atoms with Crippen molar-refractivity contribution in [1.82, 2.24) is 14.9 Å². The Morgan fingerprint density at radius 2 is 2.30 bits per heavy atom. The maximum atomic E-state index is 12.6. The molecular formula is C21H23N3O3. The van der Waals surface area contributed by atoms with Crippen molar-refractivity contribution in [3.63, 3.8) is 0 Å². The van der Waals surface area contributed by atoms with Crippen molar-refractivity contribution in [1.29, 1.82) is 0 Å². The van der Waals surface area contributed by atoms with Crippen LogP contribution in [0, 0.1) is 5.92 Å². The number of oxazole rings is 1. The topological polar surface area (TPSA) is 68.5 Å². The third-order valence-corrected chi connectivity index (χ3v) is 4.98. The summed E-state index contributed by atoms with van der Waals surface area (Å²) in [6, 6.07) is 9.58. The Bertz CT molecular complexity index is 937. The van der Waals surface area contributed by atoms with E-state index in [0.29, 0.717) is 23.3 Å². The Kier molecular flexibility index (Phi) is 5.05. The first-order valence-electron chi connectivity index (χ1n) is 9.44. The van der Waals surface area contributed by atoms with Crippen molar-refractivity contribution >= 4 is 16.8 Å². The average Bonchev–Trinajstić information content (AvgIpc) is 3.36. The van der Waals surface area contributed by atoms with Crippen LogP contribution in [0.15, 0.2) is 47.2 Å². The van der Waals surface area contributed by atoms with E-state index in [1.54, 1.807) is 6.20 Å². The first-order chi connectivity index (χ1) is 13.2. The minimum Gasteiger partial charge on any atom is -0.484 e. The standard InChI is InChI=1S/C21H23N3O3/c1-2-4-15-8-10-24(12-15)21(25)19-13-27-20(23-19)14-26-17-6-7-18-16(11-17)5-3-9-22-18/h3,5-7,9,11,13,15H,2,4,8,10,12,14H2,1H3. The molecule has 1 fully saturated rings. The fourth-order valence-electron chi connectivity index (χ4n) is 3.59. The number of likely N-dealkylation sites (tertiary alicyclic amines) is 1. The van der Waals surface area contributed by atoms with Crippen molar-refractivity contribution in [2.24, 2.45) is 5.92 Å². The molecule has 1 saturated heterocycles. The lowest BCUT2D eigenvalue weighted by Gasteiger charge is -2.14. The van der Waals surface area contributed by atoms with Gasteiger partial charge in [0, 0.05) is 24.7 Å². The number of ether oxygens (including phenoxy) is 1. The van der Waals surface area contributed by atoms with Gasteiger partial charge in [-0.1, -0.05) is 19.4 Å². The number of carbonyl (C=O) groups excluding carboxylic acids is 1. The van der Waals surface area contributed by atoms with Crippen molar-refractivity contribution in [2.45, 2.75) is 32.8 Å². The van der Waals surface area contributed by atoms with Gasteiger partial charge < -0.3 is 14.1 Å². The van der Waals surface area contributed by atoms with Crippen LogP contribution in [-0.4, -0.2) is 33.9 Å². The second-order valence-electron chi connectivity index (χ2n) is 6.97. The molecule has 1 aliphatic rings. The summed E-state index contributed by atoms with van der Waals surface area (Å²) in [5.74, 6) is 1.66. The van der Waals surface area contributed by atoms with Gasteiger partial charge in [-0.15, -0.1) is 0 Å². The molecule has 1 amide bonds. The van der Waals surface area contributed by atoms with Gasteiger partial charge >= 0.3 is 0 Å². The average molecular weight is 365 g/mol. The van der Waals surface area contributed by atoms with Crippen LogP contribution in [-0.2, 0) is 6.61 Å². The minimum atomic E-state index is -0.0552. The highest BCUT2D eigenvalue weighted by Crippen LogP contribution is 2.23. The SMILES string of the molecule is CCCC1CCN(C(=O)c2coc(COc3ccc4ncccc4c3)n2)C1. The van der Waals surface area contributed by atoms with Crippen LogP contribution in [0.4, 0.5) is 0 Å². The Balaban J connectivity index is 1.37. The van der Waals surface area contributed by atoms with Gasteiger partial charge in [0.1, 0.15) is 12.0 Å². The second kappa shape index (κ2) is 7.78. The van der Waals surface area contributed by atoms with Crippen LogP contribution in [0.5, 0.6) is 5.75 Å². The maximum absolute atomic E-state index is 12.6. The molecule has 0 radical (unpaired) electrons. The molecule has 27 heavy (non-hydrogen) atoms. The fourth-order valence-corrected chi connectivity index (χ4v) is 3.59. The van der Waals surface area contributed by atoms with Crippen LogP contribution in [0.3, 0.4) is 0 Å². The fraction of sp³-hybridized carbons (Fsp3) is 0.381. The molecule has 4 rings (SSSR count). The van der Waals surface area contributed by atoms with Crippen molar-refractivity contribution in [2.75, 3.05) is 13.1 Å². The van der Waals surface area contributed by atoms with Gasteiger partial charge in [-0.05, 0) is 43.0 Å². The molecule has 6 nitrogen and oxygen atoms in total. The quantitative estimate of drug-likeness (QED) is 0.659. The molecule has 0 spiro atoms.